The van der Waals surface area contributed by atoms with Gasteiger partial charge in [0.25, 0.3) is 13.4 Å². The average molecular weight is 1170 g/mol. The largest absolute Gasteiger partial charge is 0.458 e. The summed E-state index contributed by atoms with van der Waals surface area (Å²) >= 11 is 0. The molecule has 0 bridgehead atoms. The lowest BCUT2D eigenvalue weighted by molar-refractivity contribution is 0.463. The maximum absolute atomic E-state index is 14.8. The number of para-hydroxylation sites is 7. The molecule has 7 heterocycles. The molecule has 0 radical (unpaired) electrons. The standard InChI is InChI=1S/C75H38B2N6O6S/c78-39-42-33-43(40-79)75(44(34-42)41-80)90(84,85)48-31-29-45(30-32-48)81-56-22-8-1-15-49(56)67-72(81)68-50-16-2-9-23-57(50)82(46-35-63-70-64(36-46)87-60-26-12-5-19-53(60)76(70)52-18-4-11-25-59(52)86-63)74(68)69-51-17-3-10-24-58(51)83(73(67)69)47-37-65-71-66(38-47)89-62-28-14-7-21-55(62)77(71)54-20-6-13-27-61(54)88-65/h1-38H. The molecule has 15 aromatic rings. The molecule has 12 nitrogen and oxygen atoms in total. The lowest BCUT2D eigenvalue weighted by Crippen LogP contribution is -2.57. The van der Waals surface area contributed by atoms with E-state index in [1.807, 2.05) is 78.9 Å². The van der Waals surface area contributed by atoms with E-state index < -0.39 is 14.7 Å². The molecule has 90 heavy (non-hydrogen) atoms. The predicted molar refractivity (Wildman–Crippen MR) is 351 cm³/mol. The summed E-state index contributed by atoms with van der Waals surface area (Å²) < 4.78 is 64.6. The van der Waals surface area contributed by atoms with Crippen LogP contribution >= 0.6 is 0 Å². The third-order valence-corrected chi connectivity index (χ3v) is 20.4. The highest BCUT2D eigenvalue weighted by Crippen LogP contribution is 2.52. The van der Waals surface area contributed by atoms with Crippen LogP contribution in [-0.2, 0) is 9.84 Å². The van der Waals surface area contributed by atoms with Crippen molar-refractivity contribution in [3.8, 4) is 81.3 Å². The van der Waals surface area contributed by atoms with Crippen molar-refractivity contribution in [1.82, 2.24) is 13.7 Å². The minimum absolute atomic E-state index is 0.00533. The smallest absolute Gasteiger partial charge is 0.260 e. The molecule has 0 unspecified atom stereocenters. The van der Waals surface area contributed by atoms with Crippen LogP contribution in [0, 0.1) is 34.0 Å². The van der Waals surface area contributed by atoms with E-state index in [1.165, 1.54) is 24.3 Å². The van der Waals surface area contributed by atoms with Gasteiger partial charge in [-0.2, -0.15) is 15.8 Å². The molecule has 0 fully saturated rings. The minimum atomic E-state index is -4.49. The molecule has 12 aromatic carbocycles. The summed E-state index contributed by atoms with van der Waals surface area (Å²) in [5.41, 5.74) is 13.2. The average Bonchev–Trinajstić information content (AvgIpc) is 1.54. The number of nitriles is 3. The Bertz CT molecular complexity index is 5720. The van der Waals surface area contributed by atoms with Crippen molar-refractivity contribution in [2.75, 3.05) is 0 Å². The summed E-state index contributed by atoms with van der Waals surface area (Å²) in [5.74, 6) is 5.84. The molecule has 15 heteroatoms. The molecule has 19 rings (SSSR count). The Morgan fingerprint density at radius 3 is 1.01 bits per heavy atom. The molecular formula is C75H38B2N6O6S. The maximum atomic E-state index is 14.8. The third-order valence-electron chi connectivity index (χ3n) is 18.5. The van der Waals surface area contributed by atoms with E-state index in [-0.39, 0.29) is 35.0 Å². The zero-order valence-corrected chi connectivity index (χ0v) is 48.0. The van der Waals surface area contributed by atoms with Crippen molar-refractivity contribution in [3.05, 3.63) is 247 Å². The number of hydrogen-bond acceptors (Lipinski definition) is 9. The Hall–Kier alpha value is -12.2. The van der Waals surface area contributed by atoms with Gasteiger partial charge in [-0.05, 0) is 101 Å². The monoisotopic (exact) mass is 1170 g/mol. The van der Waals surface area contributed by atoms with Crippen LogP contribution in [0.5, 0.6) is 46.0 Å². The fraction of sp³-hybridized carbons (Fsp3) is 0. The SMILES string of the molecule is N#Cc1cc(C#N)c(S(=O)(=O)c2ccc(-n3c4ccccc4c4c3c3c5ccccc5n(-c5cc6c7c(c5)Oc5ccccc5B7c5ccccc5O6)c3c3c5ccccc5n(-c5cc6c7c(c5)Oc5ccccc5B7c5ccccc5O6)c43)cc2)c(C#N)c1. The summed E-state index contributed by atoms with van der Waals surface area (Å²) in [6, 6.07) is 81.6. The first-order valence-corrected chi connectivity index (χ1v) is 30.8. The Morgan fingerprint density at radius 2 is 0.667 bits per heavy atom. The molecule has 0 saturated carbocycles. The Kier molecular flexibility index (Phi) is 10.1. The molecule has 0 spiro atoms. The Labute approximate surface area is 513 Å². The molecule has 4 aliphatic rings. The highest BCUT2D eigenvalue weighted by molar-refractivity contribution is 7.91. The zero-order valence-electron chi connectivity index (χ0n) is 47.1. The van der Waals surface area contributed by atoms with Crippen LogP contribution in [0.4, 0.5) is 0 Å². The maximum Gasteiger partial charge on any atom is 0.260 e. The van der Waals surface area contributed by atoms with Crippen LogP contribution in [0.15, 0.2) is 240 Å². The summed E-state index contributed by atoms with van der Waals surface area (Å²) in [6.07, 6.45) is 0. The number of ether oxygens (including phenoxy) is 4. The Morgan fingerprint density at radius 1 is 0.344 bits per heavy atom. The highest BCUT2D eigenvalue weighted by Gasteiger charge is 2.43. The molecule has 0 aliphatic carbocycles. The number of fused-ring (bicyclic) bond motifs is 20. The Balaban J connectivity index is 0.950. The van der Waals surface area contributed by atoms with E-state index >= 15 is 0 Å². The first-order valence-electron chi connectivity index (χ1n) is 29.4. The van der Waals surface area contributed by atoms with Crippen LogP contribution in [0.2, 0.25) is 0 Å². The second-order valence-electron chi connectivity index (χ2n) is 23.1. The molecule has 0 amide bonds. The van der Waals surface area contributed by atoms with Gasteiger partial charge in [-0.15, -0.1) is 0 Å². The second-order valence-corrected chi connectivity index (χ2v) is 25.0. The highest BCUT2D eigenvalue weighted by atomic mass is 32.2. The fourth-order valence-corrected chi connectivity index (χ4v) is 16.5. The second kappa shape index (κ2) is 18.2. The summed E-state index contributed by atoms with van der Waals surface area (Å²) in [4.78, 5) is -0.580. The molecule has 0 saturated heterocycles. The summed E-state index contributed by atoms with van der Waals surface area (Å²) in [5, 5.41) is 36.0. The summed E-state index contributed by atoms with van der Waals surface area (Å²) in [6.45, 7) is -0.284. The third kappa shape index (κ3) is 6.63. The van der Waals surface area contributed by atoms with Gasteiger partial charge in [-0.25, -0.2) is 8.42 Å². The van der Waals surface area contributed by atoms with Crippen LogP contribution in [0.1, 0.15) is 16.7 Å². The zero-order chi connectivity index (χ0) is 59.8. The minimum Gasteiger partial charge on any atom is -0.458 e. The van der Waals surface area contributed by atoms with Crippen LogP contribution in [0.3, 0.4) is 0 Å². The first-order chi connectivity index (χ1) is 44.3. The van der Waals surface area contributed by atoms with Gasteiger partial charge in [0.15, 0.2) is 0 Å². The van der Waals surface area contributed by atoms with Gasteiger partial charge >= 0.3 is 0 Å². The number of nitrogens with zero attached hydrogens (tertiary/aromatic N) is 6. The summed E-state index contributed by atoms with van der Waals surface area (Å²) in [7, 11) is -4.49. The van der Waals surface area contributed by atoms with Gasteiger partial charge < -0.3 is 32.6 Å². The van der Waals surface area contributed by atoms with E-state index in [0.717, 1.165) is 133 Å². The number of benzene rings is 12. The lowest BCUT2D eigenvalue weighted by atomic mass is 9.35. The van der Waals surface area contributed by atoms with Gasteiger partial charge in [0, 0.05) is 73.2 Å². The van der Waals surface area contributed by atoms with Crippen molar-refractivity contribution in [3.63, 3.8) is 0 Å². The van der Waals surface area contributed by atoms with E-state index in [0.29, 0.717) is 28.7 Å². The van der Waals surface area contributed by atoms with Gasteiger partial charge in [0.1, 0.15) is 63.0 Å². The van der Waals surface area contributed by atoms with Gasteiger partial charge in [-0.1, -0.05) is 127 Å². The van der Waals surface area contributed by atoms with Crippen LogP contribution < -0.4 is 51.7 Å². The van der Waals surface area contributed by atoms with Crippen molar-refractivity contribution in [2.24, 2.45) is 0 Å². The quantitative estimate of drug-likeness (QED) is 0.153. The molecule has 0 atom stereocenters. The number of hydrogen-bond donors (Lipinski definition) is 0. The van der Waals surface area contributed by atoms with Crippen molar-refractivity contribution < 1.29 is 27.4 Å². The van der Waals surface area contributed by atoms with Crippen LogP contribution in [-0.4, -0.2) is 35.5 Å². The van der Waals surface area contributed by atoms with Crippen molar-refractivity contribution in [2.45, 2.75) is 9.79 Å². The first kappa shape index (κ1) is 50.0. The molecule has 3 aromatic heterocycles. The van der Waals surface area contributed by atoms with E-state index in [2.05, 4.69) is 147 Å². The van der Waals surface area contributed by atoms with Crippen LogP contribution in [0.25, 0.3) is 82.5 Å². The number of rotatable bonds is 5. The fourth-order valence-electron chi connectivity index (χ4n) is 15.0. The van der Waals surface area contributed by atoms with E-state index in [4.69, 9.17) is 18.9 Å². The topological polar surface area (TPSA) is 157 Å². The van der Waals surface area contributed by atoms with Gasteiger partial charge in [0.05, 0.1) is 72.1 Å². The van der Waals surface area contributed by atoms with Gasteiger partial charge in [-0.3, -0.25) is 0 Å². The number of sulfone groups is 1. The van der Waals surface area contributed by atoms with E-state index in [9.17, 15) is 24.2 Å². The molecule has 0 N–H and O–H groups in total. The van der Waals surface area contributed by atoms with Crippen molar-refractivity contribution in [1.29, 1.82) is 15.8 Å². The lowest BCUT2D eigenvalue weighted by Gasteiger charge is -2.33. The molecule has 4 aliphatic heterocycles. The van der Waals surface area contributed by atoms with Crippen molar-refractivity contribution >= 4 is 121 Å². The normalized spacial score (nSPS) is 13.0. The number of aromatic nitrogens is 3. The predicted octanol–water partition coefficient (Wildman–Crippen LogP) is 12.9. The molecular weight excluding hydrogens is 1130 g/mol. The van der Waals surface area contributed by atoms with E-state index in [1.54, 1.807) is 12.1 Å². The molecule has 416 valence electrons. The van der Waals surface area contributed by atoms with Gasteiger partial charge in [0.2, 0.25) is 9.84 Å².